The van der Waals surface area contributed by atoms with Crippen LogP contribution in [0.1, 0.15) is 46.6 Å². The van der Waals surface area contributed by atoms with E-state index in [1.54, 1.807) is 4.90 Å². The van der Waals surface area contributed by atoms with Crippen molar-refractivity contribution >= 4 is 12.2 Å². The second-order valence-corrected chi connectivity index (χ2v) is 9.47. The minimum absolute atomic E-state index is 0.0580. The van der Waals surface area contributed by atoms with Gasteiger partial charge in [0.15, 0.2) is 0 Å². The summed E-state index contributed by atoms with van der Waals surface area (Å²) in [7, 11) is 0. The topological polar surface area (TPSA) is 62.3 Å². The van der Waals surface area contributed by atoms with E-state index in [2.05, 4.69) is 18.7 Å². The Labute approximate surface area is 179 Å². The Hall–Kier alpha value is -2.28. The highest BCUT2D eigenvalue weighted by Crippen LogP contribution is 2.25. The number of rotatable bonds is 3. The quantitative estimate of drug-likeness (QED) is 0.750. The highest BCUT2D eigenvalue weighted by atomic mass is 16.6. The molecule has 0 aromatic heterocycles. The number of amides is 2. The molecule has 7 heteroatoms. The Morgan fingerprint density at radius 3 is 2.23 bits per heavy atom. The van der Waals surface area contributed by atoms with Gasteiger partial charge in [-0.3, -0.25) is 4.90 Å². The summed E-state index contributed by atoms with van der Waals surface area (Å²) >= 11 is 0. The molecule has 0 saturated carbocycles. The maximum absolute atomic E-state index is 12.6. The average Bonchev–Trinajstić information content (AvgIpc) is 3.15. The monoisotopic (exact) mass is 417 g/mol. The van der Waals surface area contributed by atoms with Crippen LogP contribution in [0.15, 0.2) is 30.3 Å². The summed E-state index contributed by atoms with van der Waals surface area (Å²) in [6, 6.07) is 10.1. The predicted molar refractivity (Wildman–Crippen MR) is 115 cm³/mol. The summed E-state index contributed by atoms with van der Waals surface area (Å²) < 4.78 is 11.1. The molecule has 0 radical (unpaired) electrons. The van der Waals surface area contributed by atoms with Gasteiger partial charge in [-0.2, -0.15) is 0 Å². The van der Waals surface area contributed by atoms with Crippen LogP contribution in [0.4, 0.5) is 9.59 Å². The third kappa shape index (κ3) is 5.65. The largest absolute Gasteiger partial charge is 0.445 e. The minimum atomic E-state index is -0.500. The zero-order valence-electron chi connectivity index (χ0n) is 18.8. The molecule has 2 unspecified atom stereocenters. The van der Waals surface area contributed by atoms with Crippen molar-refractivity contribution in [3.8, 4) is 0 Å². The van der Waals surface area contributed by atoms with Crippen molar-refractivity contribution in [2.45, 2.75) is 71.4 Å². The van der Waals surface area contributed by atoms with E-state index in [9.17, 15) is 9.59 Å². The Balaban J connectivity index is 1.50. The number of nitrogens with zero attached hydrogens (tertiary/aromatic N) is 3. The molecule has 0 bridgehead atoms. The molecule has 1 aromatic rings. The highest BCUT2D eigenvalue weighted by Gasteiger charge is 2.40. The Bertz CT molecular complexity index is 722. The number of hydrogen-bond acceptors (Lipinski definition) is 5. The lowest BCUT2D eigenvalue weighted by atomic mass is 10.1. The molecule has 2 heterocycles. The maximum atomic E-state index is 12.6. The van der Waals surface area contributed by atoms with Gasteiger partial charge in [0.05, 0.1) is 0 Å². The van der Waals surface area contributed by atoms with Crippen molar-refractivity contribution in [2.24, 2.45) is 0 Å². The lowest BCUT2D eigenvalue weighted by molar-refractivity contribution is -0.0216. The molecule has 2 amide bonds. The standard InChI is InChI=1S/C23H35N3O4/c1-17-13-25(14-18(2)26(17)22(28)30-23(3,4)5)20-11-12-24(15-20)21(27)29-16-19-9-7-6-8-10-19/h6-10,17-18,20H,11-16H2,1-5H3/t17?,18?,20-/m1/s1. The van der Waals surface area contributed by atoms with E-state index in [4.69, 9.17) is 9.47 Å². The first-order valence-electron chi connectivity index (χ1n) is 10.8. The summed E-state index contributed by atoms with van der Waals surface area (Å²) in [5.41, 5.74) is 0.488. The Morgan fingerprint density at radius 2 is 1.63 bits per heavy atom. The molecule has 7 nitrogen and oxygen atoms in total. The number of carbonyl (C=O) groups excluding carboxylic acids is 2. The molecule has 2 fully saturated rings. The summed E-state index contributed by atoms with van der Waals surface area (Å²) in [6.07, 6.45) is 0.418. The van der Waals surface area contributed by atoms with E-state index >= 15 is 0 Å². The molecular formula is C23H35N3O4. The zero-order valence-corrected chi connectivity index (χ0v) is 18.8. The van der Waals surface area contributed by atoms with Crippen molar-refractivity contribution in [2.75, 3.05) is 26.2 Å². The Kier molecular flexibility index (Phi) is 6.91. The first kappa shape index (κ1) is 22.4. The van der Waals surface area contributed by atoms with E-state index in [0.717, 1.165) is 25.1 Å². The highest BCUT2D eigenvalue weighted by molar-refractivity contribution is 5.69. The number of ether oxygens (including phenoxy) is 2. The molecule has 2 aliphatic heterocycles. The van der Waals surface area contributed by atoms with Crippen molar-refractivity contribution in [1.82, 2.24) is 14.7 Å². The smallest absolute Gasteiger partial charge is 0.410 e. The molecule has 30 heavy (non-hydrogen) atoms. The van der Waals surface area contributed by atoms with Crippen LogP contribution in [-0.4, -0.2) is 76.8 Å². The van der Waals surface area contributed by atoms with Gasteiger partial charge in [0.2, 0.25) is 0 Å². The van der Waals surface area contributed by atoms with E-state index in [1.165, 1.54) is 0 Å². The third-order valence-corrected chi connectivity index (χ3v) is 5.69. The van der Waals surface area contributed by atoms with Gasteiger partial charge < -0.3 is 19.3 Å². The van der Waals surface area contributed by atoms with E-state index < -0.39 is 5.60 Å². The molecule has 2 saturated heterocycles. The lowest BCUT2D eigenvalue weighted by Crippen LogP contribution is -2.61. The second kappa shape index (κ2) is 9.25. The molecule has 0 spiro atoms. The number of benzene rings is 1. The molecule has 0 N–H and O–H groups in total. The van der Waals surface area contributed by atoms with Crippen molar-refractivity contribution in [1.29, 1.82) is 0 Å². The van der Waals surface area contributed by atoms with Crippen molar-refractivity contribution in [3.63, 3.8) is 0 Å². The predicted octanol–water partition coefficient (Wildman–Crippen LogP) is 3.73. The summed E-state index contributed by atoms with van der Waals surface area (Å²) in [5, 5.41) is 0. The van der Waals surface area contributed by atoms with Gasteiger partial charge in [0.25, 0.3) is 0 Å². The summed E-state index contributed by atoms with van der Waals surface area (Å²) in [4.78, 5) is 31.1. The van der Waals surface area contributed by atoms with Gasteiger partial charge in [-0.15, -0.1) is 0 Å². The number of carbonyl (C=O) groups is 2. The summed E-state index contributed by atoms with van der Waals surface area (Å²) in [6.45, 7) is 13.0. The maximum Gasteiger partial charge on any atom is 0.410 e. The molecule has 0 aliphatic carbocycles. The summed E-state index contributed by atoms with van der Waals surface area (Å²) in [5.74, 6) is 0. The van der Waals surface area contributed by atoms with Gasteiger partial charge >= 0.3 is 12.2 Å². The van der Waals surface area contributed by atoms with Gasteiger partial charge in [0.1, 0.15) is 12.2 Å². The molecule has 1 aromatic carbocycles. The average molecular weight is 418 g/mol. The minimum Gasteiger partial charge on any atom is -0.445 e. The van der Waals surface area contributed by atoms with Crippen molar-refractivity contribution in [3.05, 3.63) is 35.9 Å². The van der Waals surface area contributed by atoms with Crippen LogP contribution in [0.25, 0.3) is 0 Å². The zero-order chi connectivity index (χ0) is 21.9. The number of hydrogen-bond donors (Lipinski definition) is 0. The van der Waals surface area contributed by atoms with Gasteiger partial charge in [0, 0.05) is 44.3 Å². The van der Waals surface area contributed by atoms with E-state index in [1.807, 2.05) is 56.0 Å². The van der Waals surface area contributed by atoms with Crippen LogP contribution in [0.3, 0.4) is 0 Å². The fourth-order valence-corrected chi connectivity index (χ4v) is 4.35. The van der Waals surface area contributed by atoms with Crippen LogP contribution in [0.2, 0.25) is 0 Å². The molecular weight excluding hydrogens is 382 g/mol. The van der Waals surface area contributed by atoms with Crippen LogP contribution in [0, 0.1) is 0 Å². The normalized spacial score (nSPS) is 25.3. The Morgan fingerprint density at radius 1 is 1.00 bits per heavy atom. The third-order valence-electron chi connectivity index (χ3n) is 5.69. The van der Waals surface area contributed by atoms with Gasteiger partial charge in [-0.1, -0.05) is 30.3 Å². The molecule has 2 aliphatic rings. The van der Waals surface area contributed by atoms with E-state index in [-0.39, 0.29) is 24.3 Å². The molecule has 3 rings (SSSR count). The van der Waals surface area contributed by atoms with Crippen LogP contribution in [-0.2, 0) is 16.1 Å². The van der Waals surface area contributed by atoms with Gasteiger partial charge in [-0.05, 0) is 46.6 Å². The SMILES string of the molecule is CC1CN([C@@H]2CCN(C(=O)OCc3ccccc3)C2)CC(C)N1C(=O)OC(C)(C)C. The van der Waals surface area contributed by atoms with Gasteiger partial charge in [-0.25, -0.2) is 9.59 Å². The van der Waals surface area contributed by atoms with Crippen LogP contribution >= 0.6 is 0 Å². The van der Waals surface area contributed by atoms with E-state index in [0.29, 0.717) is 25.7 Å². The molecule has 166 valence electrons. The second-order valence-electron chi connectivity index (χ2n) is 9.47. The fourth-order valence-electron chi connectivity index (χ4n) is 4.35. The fraction of sp³-hybridized carbons (Fsp3) is 0.652. The number of piperazine rings is 1. The molecule has 3 atom stereocenters. The van der Waals surface area contributed by atoms with Crippen LogP contribution < -0.4 is 0 Å². The van der Waals surface area contributed by atoms with Crippen molar-refractivity contribution < 1.29 is 19.1 Å². The number of likely N-dealkylation sites (tertiary alicyclic amines) is 1. The lowest BCUT2D eigenvalue weighted by Gasteiger charge is -2.46. The van der Waals surface area contributed by atoms with Crippen LogP contribution in [0.5, 0.6) is 0 Å². The first-order chi connectivity index (χ1) is 14.1. The first-order valence-corrected chi connectivity index (χ1v) is 10.8.